The van der Waals surface area contributed by atoms with Crippen LogP contribution < -0.4 is 15.4 Å². The van der Waals surface area contributed by atoms with Gasteiger partial charge < -0.3 is 15.4 Å². The van der Waals surface area contributed by atoms with Crippen molar-refractivity contribution in [1.82, 2.24) is 5.32 Å². The van der Waals surface area contributed by atoms with Gasteiger partial charge in [0.25, 0.3) is 0 Å². The number of ether oxygens (including phenoxy) is 1. The van der Waals surface area contributed by atoms with Crippen molar-refractivity contribution in [3.63, 3.8) is 0 Å². The van der Waals surface area contributed by atoms with Gasteiger partial charge in [-0.1, -0.05) is 0 Å². The minimum atomic E-state index is -0.0615. The van der Waals surface area contributed by atoms with Crippen LogP contribution in [-0.2, 0) is 11.2 Å². The molecule has 0 saturated heterocycles. The monoisotopic (exact) mass is 236 g/mol. The average molecular weight is 236 g/mol. The first kappa shape index (κ1) is 13.5. The Kier molecular flexibility index (Phi) is 4.97. The third-order valence-corrected chi connectivity index (χ3v) is 2.64. The highest BCUT2D eigenvalue weighted by molar-refractivity contribution is 5.89. The molecular weight excluding hydrogens is 216 g/mol. The minimum absolute atomic E-state index is 0.0615. The van der Waals surface area contributed by atoms with Crippen LogP contribution in [-0.4, -0.2) is 26.1 Å². The van der Waals surface area contributed by atoms with Gasteiger partial charge in [0, 0.05) is 18.7 Å². The predicted molar refractivity (Wildman–Crippen MR) is 69.5 cm³/mol. The summed E-state index contributed by atoms with van der Waals surface area (Å²) in [4.78, 5) is 11.1. The molecule has 2 N–H and O–H groups in total. The zero-order chi connectivity index (χ0) is 12.8. The smallest absolute Gasteiger partial charge is 0.221 e. The van der Waals surface area contributed by atoms with Gasteiger partial charge in [0.15, 0.2) is 0 Å². The second-order valence-electron chi connectivity index (χ2n) is 4.10. The van der Waals surface area contributed by atoms with E-state index in [1.54, 1.807) is 7.11 Å². The summed E-state index contributed by atoms with van der Waals surface area (Å²) in [6, 6.07) is 6.02. The van der Waals surface area contributed by atoms with Crippen molar-refractivity contribution in [3.05, 3.63) is 23.8 Å². The fourth-order valence-corrected chi connectivity index (χ4v) is 1.61. The molecular formula is C13H20N2O2. The Bertz CT molecular complexity index is 391. The number of anilines is 1. The van der Waals surface area contributed by atoms with Crippen LogP contribution in [0.3, 0.4) is 0 Å². The third-order valence-electron chi connectivity index (χ3n) is 2.64. The van der Waals surface area contributed by atoms with E-state index >= 15 is 0 Å². The largest absolute Gasteiger partial charge is 0.497 e. The predicted octanol–water partition coefficient (Wildman–Crippen LogP) is 1.80. The molecule has 1 unspecified atom stereocenters. The molecule has 1 aromatic rings. The lowest BCUT2D eigenvalue weighted by Gasteiger charge is -2.15. The summed E-state index contributed by atoms with van der Waals surface area (Å²) in [6.45, 7) is 3.60. The summed E-state index contributed by atoms with van der Waals surface area (Å²) >= 11 is 0. The molecule has 0 heterocycles. The molecule has 0 spiro atoms. The molecule has 0 fully saturated rings. The SMILES string of the molecule is CNC(C)Cc1cc(OC)ccc1NC(C)=O. The lowest BCUT2D eigenvalue weighted by atomic mass is 10.0. The van der Waals surface area contributed by atoms with Crippen LogP contribution in [0.4, 0.5) is 5.69 Å². The van der Waals surface area contributed by atoms with Gasteiger partial charge in [-0.3, -0.25) is 4.79 Å². The first-order chi connectivity index (χ1) is 8.06. The average Bonchev–Trinajstić information content (AvgIpc) is 2.30. The van der Waals surface area contributed by atoms with E-state index in [9.17, 15) is 4.79 Å². The van der Waals surface area contributed by atoms with Crippen LogP contribution in [0.2, 0.25) is 0 Å². The molecule has 1 aromatic carbocycles. The molecule has 1 rings (SSSR count). The number of benzene rings is 1. The maximum Gasteiger partial charge on any atom is 0.221 e. The van der Waals surface area contributed by atoms with Crippen LogP contribution in [0, 0.1) is 0 Å². The van der Waals surface area contributed by atoms with E-state index in [-0.39, 0.29) is 5.91 Å². The van der Waals surface area contributed by atoms with Gasteiger partial charge in [0.1, 0.15) is 5.75 Å². The van der Waals surface area contributed by atoms with Gasteiger partial charge in [-0.25, -0.2) is 0 Å². The van der Waals surface area contributed by atoms with E-state index in [1.165, 1.54) is 6.92 Å². The number of rotatable bonds is 5. The van der Waals surface area contributed by atoms with Gasteiger partial charge in [-0.2, -0.15) is 0 Å². The molecule has 4 heteroatoms. The molecule has 0 aromatic heterocycles. The highest BCUT2D eigenvalue weighted by atomic mass is 16.5. The summed E-state index contributed by atoms with van der Waals surface area (Å²) in [7, 11) is 3.56. The summed E-state index contributed by atoms with van der Waals surface area (Å²) in [5.74, 6) is 0.742. The summed E-state index contributed by atoms with van der Waals surface area (Å²) in [5, 5.41) is 6.01. The standard InChI is InChI=1S/C13H20N2O2/c1-9(14-3)7-11-8-12(17-4)5-6-13(11)15-10(2)16/h5-6,8-9,14H,7H2,1-4H3,(H,15,16). The van der Waals surface area contributed by atoms with Gasteiger partial charge >= 0.3 is 0 Å². The van der Waals surface area contributed by atoms with E-state index in [0.717, 1.165) is 23.4 Å². The van der Waals surface area contributed by atoms with Crippen molar-refractivity contribution in [1.29, 1.82) is 0 Å². The van der Waals surface area contributed by atoms with Crippen LogP contribution in [0.5, 0.6) is 5.75 Å². The Morgan fingerprint density at radius 3 is 2.71 bits per heavy atom. The maximum atomic E-state index is 11.1. The lowest BCUT2D eigenvalue weighted by Crippen LogP contribution is -2.24. The lowest BCUT2D eigenvalue weighted by molar-refractivity contribution is -0.114. The number of amides is 1. The molecule has 0 radical (unpaired) electrons. The summed E-state index contributed by atoms with van der Waals surface area (Å²) in [6.07, 6.45) is 0.837. The van der Waals surface area contributed by atoms with Crippen molar-refractivity contribution in [2.75, 3.05) is 19.5 Å². The Morgan fingerprint density at radius 1 is 1.47 bits per heavy atom. The van der Waals surface area contributed by atoms with Crippen LogP contribution in [0.25, 0.3) is 0 Å². The zero-order valence-electron chi connectivity index (χ0n) is 10.8. The Balaban J connectivity index is 2.98. The number of carbonyl (C=O) groups is 1. The third kappa shape index (κ3) is 4.07. The van der Waals surface area contributed by atoms with Gasteiger partial charge in [-0.15, -0.1) is 0 Å². The first-order valence-corrected chi connectivity index (χ1v) is 5.68. The molecule has 4 nitrogen and oxygen atoms in total. The Labute approximate surface area is 102 Å². The van der Waals surface area contributed by atoms with Gasteiger partial charge in [-0.05, 0) is 44.2 Å². The zero-order valence-corrected chi connectivity index (χ0v) is 10.8. The topological polar surface area (TPSA) is 50.4 Å². The molecule has 94 valence electrons. The van der Waals surface area contributed by atoms with Crippen LogP contribution >= 0.6 is 0 Å². The van der Waals surface area contributed by atoms with Crippen LogP contribution in [0.1, 0.15) is 19.4 Å². The normalized spacial score (nSPS) is 12.0. The summed E-state index contributed by atoms with van der Waals surface area (Å²) in [5.41, 5.74) is 1.92. The fourth-order valence-electron chi connectivity index (χ4n) is 1.61. The molecule has 0 saturated carbocycles. The van der Waals surface area contributed by atoms with E-state index < -0.39 is 0 Å². The molecule has 17 heavy (non-hydrogen) atoms. The number of carbonyl (C=O) groups excluding carboxylic acids is 1. The Hall–Kier alpha value is -1.55. The minimum Gasteiger partial charge on any atom is -0.497 e. The van der Waals surface area contributed by atoms with Crippen molar-refractivity contribution in [3.8, 4) is 5.75 Å². The van der Waals surface area contributed by atoms with Crippen molar-refractivity contribution in [2.45, 2.75) is 26.3 Å². The summed E-state index contributed by atoms with van der Waals surface area (Å²) < 4.78 is 5.20. The number of methoxy groups -OCH3 is 1. The maximum absolute atomic E-state index is 11.1. The number of likely N-dealkylation sites (N-methyl/N-ethyl adjacent to an activating group) is 1. The highest BCUT2D eigenvalue weighted by Crippen LogP contribution is 2.23. The van der Waals surface area contributed by atoms with E-state index in [4.69, 9.17) is 4.74 Å². The number of hydrogen-bond acceptors (Lipinski definition) is 3. The second-order valence-corrected chi connectivity index (χ2v) is 4.10. The second kappa shape index (κ2) is 6.25. The quantitative estimate of drug-likeness (QED) is 0.819. The van der Waals surface area contributed by atoms with E-state index in [2.05, 4.69) is 17.6 Å². The van der Waals surface area contributed by atoms with Crippen LogP contribution in [0.15, 0.2) is 18.2 Å². The number of nitrogens with one attached hydrogen (secondary N) is 2. The molecule has 0 aliphatic heterocycles. The molecule has 0 bridgehead atoms. The number of hydrogen-bond donors (Lipinski definition) is 2. The molecule has 1 amide bonds. The molecule has 0 aliphatic carbocycles. The van der Waals surface area contributed by atoms with E-state index in [0.29, 0.717) is 6.04 Å². The van der Waals surface area contributed by atoms with Crippen molar-refractivity contribution >= 4 is 11.6 Å². The molecule has 1 atom stereocenters. The van der Waals surface area contributed by atoms with Crippen molar-refractivity contribution < 1.29 is 9.53 Å². The van der Waals surface area contributed by atoms with Gasteiger partial charge in [0.05, 0.1) is 7.11 Å². The van der Waals surface area contributed by atoms with Gasteiger partial charge in [0.2, 0.25) is 5.91 Å². The van der Waals surface area contributed by atoms with E-state index in [1.807, 2.05) is 25.2 Å². The molecule has 0 aliphatic rings. The first-order valence-electron chi connectivity index (χ1n) is 5.68. The highest BCUT2D eigenvalue weighted by Gasteiger charge is 2.09. The fraction of sp³-hybridized carbons (Fsp3) is 0.462. The van der Waals surface area contributed by atoms with Crippen molar-refractivity contribution in [2.24, 2.45) is 0 Å². The Morgan fingerprint density at radius 2 is 2.18 bits per heavy atom.